The van der Waals surface area contributed by atoms with Crippen molar-refractivity contribution in [2.24, 2.45) is 0 Å². The van der Waals surface area contributed by atoms with Gasteiger partial charge in [0, 0.05) is 26.1 Å². The number of likely N-dealkylation sites (N-methyl/N-ethyl adjacent to an activating group) is 1. The number of rotatable bonds is 0. The molecule has 0 spiro atoms. The molecule has 0 radical (unpaired) electrons. The van der Waals surface area contributed by atoms with Crippen molar-refractivity contribution in [3.8, 4) is 0 Å². The lowest BCUT2D eigenvalue weighted by molar-refractivity contribution is 0.0706. The molecule has 1 saturated heterocycles. The number of hydrogen-bond acceptors (Lipinski definition) is 2. The van der Waals surface area contributed by atoms with E-state index in [0.717, 1.165) is 18.7 Å². The maximum atomic E-state index is 12.3. The van der Waals surface area contributed by atoms with Crippen molar-refractivity contribution in [1.29, 1.82) is 0 Å². The second-order valence-electron chi connectivity index (χ2n) is 4.57. The van der Waals surface area contributed by atoms with Gasteiger partial charge in [0.25, 0.3) is 5.91 Å². The molecule has 2 aliphatic rings. The largest absolute Gasteiger partial charge is 0.337 e. The lowest BCUT2D eigenvalue weighted by Crippen LogP contribution is -2.45. The predicted molar refractivity (Wildman–Crippen MR) is 68.0 cm³/mol. The van der Waals surface area contributed by atoms with Gasteiger partial charge in [0.1, 0.15) is 0 Å². The van der Waals surface area contributed by atoms with E-state index in [2.05, 4.69) is 5.32 Å². The average molecular weight is 271 g/mol. The van der Waals surface area contributed by atoms with E-state index in [1.165, 1.54) is 0 Å². The number of nitrogens with one attached hydrogen (secondary N) is 1. The number of nitrogens with zero attached hydrogens (tertiary/aromatic N) is 1. The highest BCUT2D eigenvalue weighted by molar-refractivity contribution is 6.44. The monoisotopic (exact) mass is 270 g/mol. The van der Waals surface area contributed by atoms with Crippen LogP contribution in [0, 0.1) is 0 Å². The Morgan fingerprint density at radius 1 is 1.35 bits per heavy atom. The van der Waals surface area contributed by atoms with Crippen LogP contribution in [0.3, 0.4) is 0 Å². The molecule has 5 heteroatoms. The molecule has 2 aliphatic heterocycles. The zero-order chi connectivity index (χ0) is 12.2. The Morgan fingerprint density at radius 3 is 2.88 bits per heavy atom. The van der Waals surface area contributed by atoms with E-state index in [1.807, 2.05) is 13.1 Å². The number of hydrogen-bond donors (Lipinski definition) is 1. The predicted octanol–water partition coefficient (Wildman–Crippen LogP) is 2.13. The molecule has 1 fully saturated rings. The van der Waals surface area contributed by atoms with Gasteiger partial charge in [-0.2, -0.15) is 0 Å². The first-order valence-electron chi connectivity index (χ1n) is 5.57. The summed E-state index contributed by atoms with van der Waals surface area (Å²) in [5.74, 6) is 0.292. The van der Waals surface area contributed by atoms with E-state index in [-0.39, 0.29) is 11.9 Å². The van der Waals surface area contributed by atoms with Crippen molar-refractivity contribution in [2.45, 2.75) is 12.0 Å². The van der Waals surface area contributed by atoms with Crippen LogP contribution in [0.4, 0.5) is 0 Å². The molecule has 0 aliphatic carbocycles. The summed E-state index contributed by atoms with van der Waals surface area (Å²) < 4.78 is 0. The molecule has 0 saturated carbocycles. The average Bonchev–Trinajstić information content (AvgIpc) is 2.79. The van der Waals surface area contributed by atoms with E-state index < -0.39 is 0 Å². The van der Waals surface area contributed by atoms with Crippen LogP contribution in [-0.2, 0) is 0 Å². The maximum Gasteiger partial charge on any atom is 0.255 e. The van der Waals surface area contributed by atoms with Gasteiger partial charge in [-0.25, -0.2) is 0 Å². The van der Waals surface area contributed by atoms with Gasteiger partial charge in [-0.1, -0.05) is 29.3 Å². The SMILES string of the molecule is CN1C(=O)c2c(ccc(Cl)c2Cl)[C@H]2CNC[C@@H]21. The van der Waals surface area contributed by atoms with Crippen LogP contribution in [0.1, 0.15) is 21.8 Å². The molecule has 1 N–H and O–H groups in total. The van der Waals surface area contributed by atoms with Crippen LogP contribution in [0.25, 0.3) is 0 Å². The van der Waals surface area contributed by atoms with Crippen LogP contribution in [-0.4, -0.2) is 37.0 Å². The van der Waals surface area contributed by atoms with E-state index in [9.17, 15) is 4.79 Å². The van der Waals surface area contributed by atoms with E-state index in [0.29, 0.717) is 21.5 Å². The Kier molecular flexibility index (Phi) is 2.58. The third-order valence-corrected chi connectivity index (χ3v) is 4.54. The third-order valence-electron chi connectivity index (χ3n) is 3.74. The molecule has 0 aromatic heterocycles. The molecule has 0 unspecified atom stereocenters. The number of benzene rings is 1. The van der Waals surface area contributed by atoms with Gasteiger partial charge >= 0.3 is 0 Å². The molecule has 2 heterocycles. The molecular formula is C12H12Cl2N2O. The van der Waals surface area contributed by atoms with Crippen LogP contribution >= 0.6 is 23.2 Å². The molecule has 1 aromatic carbocycles. The highest BCUT2D eigenvalue weighted by Gasteiger charge is 2.41. The van der Waals surface area contributed by atoms with Crippen molar-refractivity contribution in [1.82, 2.24) is 10.2 Å². The second kappa shape index (κ2) is 3.87. The fourth-order valence-corrected chi connectivity index (χ4v) is 3.22. The van der Waals surface area contributed by atoms with Crippen LogP contribution in [0.2, 0.25) is 10.0 Å². The number of fused-ring (bicyclic) bond motifs is 3. The standard InChI is InChI=1S/C12H12Cl2N2O/c1-16-9-5-15-4-7(9)6-2-3-8(13)11(14)10(6)12(16)17/h2-3,7,9,15H,4-5H2,1H3/t7-,9+/m1/s1. The van der Waals surface area contributed by atoms with Gasteiger partial charge in [0.2, 0.25) is 0 Å². The molecule has 1 amide bonds. The third kappa shape index (κ3) is 1.49. The van der Waals surface area contributed by atoms with Gasteiger partial charge in [-0.3, -0.25) is 4.79 Å². The first-order valence-corrected chi connectivity index (χ1v) is 6.32. The van der Waals surface area contributed by atoms with Crippen molar-refractivity contribution >= 4 is 29.1 Å². The van der Waals surface area contributed by atoms with Gasteiger partial charge in [-0.15, -0.1) is 0 Å². The van der Waals surface area contributed by atoms with E-state index in [4.69, 9.17) is 23.2 Å². The Morgan fingerprint density at radius 2 is 2.12 bits per heavy atom. The molecule has 2 atom stereocenters. The highest BCUT2D eigenvalue weighted by Crippen LogP contribution is 2.40. The minimum Gasteiger partial charge on any atom is -0.337 e. The summed E-state index contributed by atoms with van der Waals surface area (Å²) in [6, 6.07) is 3.93. The molecule has 90 valence electrons. The first-order chi connectivity index (χ1) is 8.11. The molecular weight excluding hydrogens is 259 g/mol. The second-order valence-corrected chi connectivity index (χ2v) is 5.36. The van der Waals surface area contributed by atoms with Crippen molar-refractivity contribution in [2.75, 3.05) is 20.1 Å². The van der Waals surface area contributed by atoms with Crippen LogP contribution in [0.15, 0.2) is 12.1 Å². The van der Waals surface area contributed by atoms with Gasteiger partial charge in [0.15, 0.2) is 0 Å². The summed E-state index contributed by atoms with van der Waals surface area (Å²) in [6.07, 6.45) is 0. The summed E-state index contributed by atoms with van der Waals surface area (Å²) in [5.41, 5.74) is 1.60. The Bertz CT molecular complexity index is 504. The number of carbonyl (C=O) groups excluding carboxylic acids is 1. The molecule has 3 nitrogen and oxygen atoms in total. The molecule has 0 bridgehead atoms. The Hall–Kier alpha value is -0.770. The lowest BCUT2D eigenvalue weighted by atomic mass is 9.85. The van der Waals surface area contributed by atoms with E-state index in [1.54, 1.807) is 11.0 Å². The fraction of sp³-hybridized carbons (Fsp3) is 0.417. The fourth-order valence-electron chi connectivity index (χ4n) is 2.81. The zero-order valence-corrected chi connectivity index (χ0v) is 10.8. The summed E-state index contributed by atoms with van der Waals surface area (Å²) in [5, 5.41) is 4.14. The van der Waals surface area contributed by atoms with Crippen molar-refractivity contribution in [3.05, 3.63) is 33.3 Å². The van der Waals surface area contributed by atoms with Gasteiger partial charge < -0.3 is 10.2 Å². The minimum absolute atomic E-state index is 0.0301. The van der Waals surface area contributed by atoms with Gasteiger partial charge in [-0.05, 0) is 11.6 Å². The summed E-state index contributed by atoms with van der Waals surface area (Å²) in [4.78, 5) is 14.1. The molecule has 1 aromatic rings. The zero-order valence-electron chi connectivity index (χ0n) is 9.34. The normalized spacial score (nSPS) is 27.0. The number of amides is 1. The van der Waals surface area contributed by atoms with Crippen LogP contribution in [0.5, 0.6) is 0 Å². The lowest BCUT2D eigenvalue weighted by Gasteiger charge is -2.36. The smallest absolute Gasteiger partial charge is 0.255 e. The summed E-state index contributed by atoms with van der Waals surface area (Å²) in [6.45, 7) is 1.72. The number of carbonyl (C=O) groups is 1. The van der Waals surface area contributed by atoms with Crippen LogP contribution < -0.4 is 5.32 Å². The Labute approximate surface area is 110 Å². The highest BCUT2D eigenvalue weighted by atomic mass is 35.5. The molecule has 17 heavy (non-hydrogen) atoms. The van der Waals surface area contributed by atoms with Crippen molar-refractivity contribution in [3.63, 3.8) is 0 Å². The quantitative estimate of drug-likeness (QED) is 0.784. The minimum atomic E-state index is -0.0301. The van der Waals surface area contributed by atoms with Crippen molar-refractivity contribution < 1.29 is 4.79 Å². The topological polar surface area (TPSA) is 32.3 Å². The summed E-state index contributed by atoms with van der Waals surface area (Å²) >= 11 is 12.1. The van der Waals surface area contributed by atoms with Gasteiger partial charge in [0.05, 0.1) is 21.7 Å². The van der Waals surface area contributed by atoms with E-state index >= 15 is 0 Å². The Balaban J connectivity index is 2.23. The maximum absolute atomic E-state index is 12.3. The molecule has 3 rings (SSSR count). The summed E-state index contributed by atoms with van der Waals surface area (Å²) in [7, 11) is 1.83. The number of halogens is 2. The first kappa shape index (κ1) is 11.3.